The number of pyridine rings is 2. The van der Waals surface area contributed by atoms with Gasteiger partial charge in [0.05, 0.1) is 78.7 Å². The van der Waals surface area contributed by atoms with Gasteiger partial charge in [-0.2, -0.15) is 20.4 Å². The van der Waals surface area contributed by atoms with Crippen molar-refractivity contribution in [2.45, 2.75) is 205 Å². The van der Waals surface area contributed by atoms with E-state index in [-0.39, 0.29) is 24.4 Å². The van der Waals surface area contributed by atoms with Crippen LogP contribution in [0.25, 0.3) is 45.0 Å². The second-order valence-electron chi connectivity index (χ2n) is 30.0. The molecule has 0 bridgehead atoms. The van der Waals surface area contributed by atoms with E-state index in [1.807, 2.05) is 174 Å². The van der Waals surface area contributed by atoms with Crippen molar-refractivity contribution in [2.75, 3.05) is 54.4 Å². The molecule has 0 fully saturated rings. The molecule has 0 aliphatic rings. The molecule has 11 rings (SSSR count). The van der Waals surface area contributed by atoms with Crippen molar-refractivity contribution in [2.24, 2.45) is 7.05 Å². The van der Waals surface area contributed by atoms with E-state index in [1.54, 1.807) is 6.20 Å². The predicted octanol–water partition coefficient (Wildman–Crippen LogP) is 19.7. The Balaban J connectivity index is 0.000000185. The van der Waals surface area contributed by atoms with Crippen LogP contribution in [0, 0.1) is 0 Å². The van der Waals surface area contributed by atoms with E-state index < -0.39 is 0 Å². The number of aromatic nitrogens is 10. The van der Waals surface area contributed by atoms with E-state index in [0.717, 1.165) is 127 Å². The molecule has 18 heteroatoms. The summed E-state index contributed by atoms with van der Waals surface area (Å²) in [5, 5.41) is 19.2. The van der Waals surface area contributed by atoms with E-state index in [9.17, 15) is 0 Å². The Labute approximate surface area is 658 Å². The van der Waals surface area contributed by atoms with Crippen molar-refractivity contribution in [1.82, 2.24) is 68.7 Å². The number of ether oxygens (including phenoxy) is 4. The Morgan fingerprint density at radius 2 is 0.700 bits per heavy atom. The summed E-state index contributed by atoms with van der Waals surface area (Å²) in [6.07, 6.45) is 24.4. The van der Waals surface area contributed by atoms with Gasteiger partial charge in [0.2, 0.25) is 0 Å². The summed E-state index contributed by atoms with van der Waals surface area (Å²) >= 11 is 0. The Kier molecular flexibility index (Phi) is 35.5. The van der Waals surface area contributed by atoms with Gasteiger partial charge in [0, 0.05) is 115 Å². The van der Waals surface area contributed by atoms with Gasteiger partial charge in [-0.15, -0.1) is 0 Å². The van der Waals surface area contributed by atoms with Gasteiger partial charge < -0.3 is 38.5 Å². The summed E-state index contributed by atoms with van der Waals surface area (Å²) in [4.78, 5) is 18.1. The van der Waals surface area contributed by atoms with Crippen molar-refractivity contribution in [3.8, 4) is 68.0 Å². The zero-order chi connectivity index (χ0) is 78.7. The molecule has 6 aromatic heterocycles. The first-order valence-corrected chi connectivity index (χ1v) is 40.0. The fraction of sp³-hybridized carbons (Fsp3) is 0.435. The fourth-order valence-electron chi connectivity index (χ4n) is 12.8. The first-order chi connectivity index (χ1) is 53.1. The van der Waals surface area contributed by atoms with E-state index in [4.69, 9.17) is 34.2 Å². The fourth-order valence-corrected chi connectivity index (χ4v) is 12.8. The molecule has 18 nitrogen and oxygen atoms in total. The van der Waals surface area contributed by atoms with Crippen LogP contribution in [0.3, 0.4) is 0 Å². The smallest absolute Gasteiger partial charge is 0.119 e. The Morgan fingerprint density at radius 3 is 1.05 bits per heavy atom. The van der Waals surface area contributed by atoms with Crippen LogP contribution in [0.4, 0.5) is 0 Å². The molecule has 5 aromatic carbocycles. The third-order valence-corrected chi connectivity index (χ3v) is 18.2. The third-order valence-electron chi connectivity index (χ3n) is 18.2. The number of unbranched alkanes of at least 4 members (excludes halogenated alkanes) is 4. The molecule has 0 spiro atoms. The lowest BCUT2D eigenvalue weighted by molar-refractivity contribution is 0.242. The first-order valence-electron chi connectivity index (χ1n) is 40.0. The van der Waals surface area contributed by atoms with E-state index in [1.165, 1.54) is 90.4 Å². The Morgan fingerprint density at radius 1 is 0.355 bits per heavy atom. The standard InChI is InChI=1S/C25H33N3O.2C24H32N4O.C19H29N3O/c1-5-6-16-27(4)18-23-19-28(17-21-10-8-7-9-11-21)26-25(23)22-12-14-24(15-13-22)29-20(2)3;1-5-6-14-27(4)17-22-18-28(16-20-8-7-13-25-15-20)26-24(22)21-9-11-23(12-10-21)29-19(2)3;1-5-6-15-27(4)16-21-17-28(18-22-9-7-8-14-25-22)26-24(21)20-10-12-23(13-11-20)29-19(2)3;1-6-7-12-21(4)14-17-13-20-22(5)19(17)16-8-10-18(11-9-16)23-15(2)3/h7-15,19-20H,5-6,16-18H2,1-4H3;7-13,15,18-19H,5-6,14,16-17H2,1-4H3;7-14,17,19H,5-6,15-16,18H2,1-4H3;8-11,13,15H,6-7,12,14H2,1-5H3. The molecule has 0 saturated carbocycles. The average molecular weight is 1490 g/mol. The first kappa shape index (κ1) is 85.9. The van der Waals surface area contributed by atoms with Gasteiger partial charge in [0.25, 0.3) is 0 Å². The molecule has 0 aliphatic carbocycles. The molecule has 0 atom stereocenters. The zero-order valence-electron chi connectivity index (χ0n) is 69.2. The summed E-state index contributed by atoms with van der Waals surface area (Å²) in [5.74, 6) is 3.58. The summed E-state index contributed by atoms with van der Waals surface area (Å²) in [7, 11) is 10.7. The highest BCUT2D eigenvalue weighted by molar-refractivity contribution is 5.67. The number of aryl methyl sites for hydroxylation is 1. The summed E-state index contributed by atoms with van der Waals surface area (Å²) < 4.78 is 31.1. The lowest BCUT2D eigenvalue weighted by Gasteiger charge is -2.17. The van der Waals surface area contributed by atoms with E-state index >= 15 is 0 Å². The molecule has 0 radical (unpaired) electrons. The van der Waals surface area contributed by atoms with Crippen LogP contribution < -0.4 is 18.9 Å². The maximum Gasteiger partial charge on any atom is 0.119 e. The minimum atomic E-state index is 0.168. The van der Waals surface area contributed by atoms with Crippen molar-refractivity contribution >= 4 is 0 Å². The molecule has 0 amide bonds. The molecule has 11 aromatic rings. The highest BCUT2D eigenvalue weighted by Gasteiger charge is 2.20. The van der Waals surface area contributed by atoms with Gasteiger partial charge in [-0.25, -0.2) is 0 Å². The number of nitrogens with zero attached hydrogens (tertiary/aromatic N) is 14. The van der Waals surface area contributed by atoms with Gasteiger partial charge in [0.1, 0.15) is 23.0 Å². The van der Waals surface area contributed by atoms with Crippen molar-refractivity contribution in [1.29, 1.82) is 0 Å². The Hall–Kier alpha value is -9.72. The normalized spacial score (nSPS) is 11.4. The molecular formula is C92H126N14O4. The van der Waals surface area contributed by atoms with Crippen LogP contribution in [0.15, 0.2) is 201 Å². The van der Waals surface area contributed by atoms with Gasteiger partial charge in [-0.3, -0.25) is 28.7 Å². The number of rotatable bonds is 38. The maximum absolute atomic E-state index is 5.79. The largest absolute Gasteiger partial charge is 0.491 e. The monoisotopic (exact) mass is 1490 g/mol. The number of hydrogen-bond acceptors (Lipinski definition) is 14. The topological polar surface area (TPSA) is 147 Å². The molecule has 0 saturated heterocycles. The number of hydrogen-bond donors (Lipinski definition) is 0. The predicted molar refractivity (Wildman–Crippen MR) is 452 cm³/mol. The lowest BCUT2D eigenvalue weighted by atomic mass is 10.1. The van der Waals surface area contributed by atoms with Crippen LogP contribution in [0.2, 0.25) is 0 Å². The maximum atomic E-state index is 5.79. The molecule has 0 aliphatic heterocycles. The van der Waals surface area contributed by atoms with Crippen LogP contribution in [0.1, 0.15) is 174 Å². The minimum absolute atomic E-state index is 0.168. The molecule has 6 heterocycles. The van der Waals surface area contributed by atoms with Crippen molar-refractivity contribution < 1.29 is 18.9 Å². The SMILES string of the molecule is CCCCN(C)Cc1cn(Cc2ccccc2)nc1-c1ccc(OC(C)C)cc1.CCCCN(C)Cc1cn(Cc2ccccn2)nc1-c1ccc(OC(C)C)cc1.CCCCN(C)Cc1cn(Cc2cccnc2)nc1-c1ccc(OC(C)C)cc1.CCCCN(C)Cc1cnn(C)c1-c1ccc(OC(C)C)cc1. The van der Waals surface area contributed by atoms with Gasteiger partial charge in [-0.1, -0.05) is 95.8 Å². The zero-order valence-corrected chi connectivity index (χ0v) is 69.2. The quantitative estimate of drug-likeness (QED) is 0.0361. The van der Waals surface area contributed by atoms with Crippen molar-refractivity contribution in [3.05, 3.63) is 240 Å². The van der Waals surface area contributed by atoms with Gasteiger partial charge in [0.15, 0.2) is 0 Å². The Bertz CT molecular complexity index is 3970. The molecule has 588 valence electrons. The second kappa shape index (κ2) is 45.4. The highest BCUT2D eigenvalue weighted by Crippen LogP contribution is 2.32. The van der Waals surface area contributed by atoms with Gasteiger partial charge >= 0.3 is 0 Å². The van der Waals surface area contributed by atoms with Crippen molar-refractivity contribution in [3.63, 3.8) is 0 Å². The lowest BCUT2D eigenvalue weighted by Crippen LogP contribution is -2.19. The minimum Gasteiger partial charge on any atom is -0.491 e. The van der Waals surface area contributed by atoms with Crippen LogP contribution in [-0.4, -0.2) is 147 Å². The average Bonchev–Trinajstić information content (AvgIpc) is 1.68. The molecule has 0 N–H and O–H groups in total. The van der Waals surface area contributed by atoms with Crippen LogP contribution in [-0.2, 0) is 52.9 Å². The highest BCUT2D eigenvalue weighted by atomic mass is 16.5. The van der Waals surface area contributed by atoms with E-state index in [0.29, 0.717) is 13.1 Å². The summed E-state index contributed by atoms with van der Waals surface area (Å²) in [6, 6.07) is 53.6. The second-order valence-corrected chi connectivity index (χ2v) is 30.0. The molecule has 0 unspecified atom stereocenters. The van der Waals surface area contributed by atoms with Crippen LogP contribution in [0.5, 0.6) is 23.0 Å². The van der Waals surface area contributed by atoms with E-state index in [2.05, 4.69) is 193 Å². The summed E-state index contributed by atoms with van der Waals surface area (Å²) in [6.45, 7) is 35.4. The molecular weight excluding hydrogens is 1370 g/mol. The summed E-state index contributed by atoms with van der Waals surface area (Å²) in [5.41, 5.74) is 17.3. The van der Waals surface area contributed by atoms with Crippen LogP contribution >= 0.6 is 0 Å². The third kappa shape index (κ3) is 28.9. The molecule has 110 heavy (non-hydrogen) atoms. The van der Waals surface area contributed by atoms with Gasteiger partial charge in [-0.05, 0) is 262 Å². The number of benzene rings is 5.